The molecule has 0 spiro atoms. The normalized spacial score (nSPS) is 13.5. The summed E-state index contributed by atoms with van der Waals surface area (Å²) in [6, 6.07) is 9.98. The molecule has 0 aliphatic heterocycles. The highest BCUT2D eigenvalue weighted by Crippen LogP contribution is 2.19. The molecule has 1 aromatic carbocycles. The molecule has 0 unspecified atom stereocenters. The number of carbonyl (C=O) groups is 1. The molecule has 0 fully saturated rings. The van der Waals surface area contributed by atoms with E-state index in [0.29, 0.717) is 9.20 Å². The third kappa shape index (κ3) is 3.97. The molecular formula is C20H22N2O2S. The predicted molar refractivity (Wildman–Crippen MR) is 102 cm³/mol. The maximum atomic E-state index is 12.5. The Morgan fingerprint density at radius 3 is 2.36 bits per heavy atom. The zero-order chi connectivity index (χ0) is 18.8. The van der Waals surface area contributed by atoms with Crippen LogP contribution >= 0.6 is 11.3 Å². The summed E-state index contributed by atoms with van der Waals surface area (Å²) in [5.41, 5.74) is 1.31. The molecule has 0 amide bonds. The number of aromatic nitrogens is 1. The van der Waals surface area contributed by atoms with Gasteiger partial charge in [-0.3, -0.25) is 9.59 Å². The second kappa shape index (κ2) is 7.20. The molecule has 0 aliphatic carbocycles. The van der Waals surface area contributed by atoms with E-state index in [0.717, 1.165) is 12.0 Å². The van der Waals surface area contributed by atoms with Gasteiger partial charge in [0.2, 0.25) is 0 Å². The number of hydrogen-bond acceptors (Lipinski definition) is 4. The van der Waals surface area contributed by atoms with Crippen LogP contribution in [0.3, 0.4) is 0 Å². The van der Waals surface area contributed by atoms with Gasteiger partial charge in [-0.1, -0.05) is 52.0 Å². The van der Waals surface area contributed by atoms with Gasteiger partial charge in [0.1, 0.15) is 16.3 Å². The maximum Gasteiger partial charge on any atom is 0.268 e. The predicted octanol–water partition coefficient (Wildman–Crippen LogP) is 2.13. The summed E-state index contributed by atoms with van der Waals surface area (Å²) >= 11 is 1.18. The number of carbonyl (C=O) groups excluding carboxylic acids is 1. The minimum Gasteiger partial charge on any atom is -0.301 e. The van der Waals surface area contributed by atoms with Crippen molar-refractivity contribution in [2.45, 2.75) is 34.1 Å². The lowest BCUT2D eigenvalue weighted by molar-refractivity contribution is -0.120. The highest BCUT2D eigenvalue weighted by atomic mass is 32.1. The van der Waals surface area contributed by atoms with Gasteiger partial charge in [0.05, 0.1) is 4.53 Å². The van der Waals surface area contributed by atoms with E-state index in [-0.39, 0.29) is 16.9 Å². The summed E-state index contributed by atoms with van der Waals surface area (Å²) in [4.78, 5) is 25.0. The standard InChI is InChI=1S/C20H22N2O2S/c1-6-13-7-9-14(10-8-13)11-16-18(24)22(5)19(25-16)15(12-21)17(23)20(2,3)4/h7-11H,6H2,1-5H3/b16-11+,19-15+. The topological polar surface area (TPSA) is 62.9 Å². The van der Waals surface area contributed by atoms with E-state index in [9.17, 15) is 14.9 Å². The Hall–Kier alpha value is -2.45. The van der Waals surface area contributed by atoms with Crippen molar-refractivity contribution in [3.8, 4) is 6.07 Å². The quantitative estimate of drug-likeness (QED) is 0.848. The van der Waals surface area contributed by atoms with E-state index in [4.69, 9.17) is 0 Å². The fraction of sp³-hybridized carbons (Fsp3) is 0.350. The van der Waals surface area contributed by atoms with E-state index < -0.39 is 5.41 Å². The summed E-state index contributed by atoms with van der Waals surface area (Å²) in [6.45, 7) is 7.38. The number of aryl methyl sites for hydroxylation is 1. The Kier molecular flexibility index (Phi) is 5.44. The smallest absolute Gasteiger partial charge is 0.268 e. The molecule has 0 atom stereocenters. The van der Waals surface area contributed by atoms with Gasteiger partial charge in [-0.15, -0.1) is 11.3 Å². The number of thiazole rings is 1. The molecule has 1 heterocycles. The molecular weight excluding hydrogens is 332 g/mol. The monoisotopic (exact) mass is 354 g/mol. The van der Waals surface area contributed by atoms with Gasteiger partial charge >= 0.3 is 0 Å². The van der Waals surface area contributed by atoms with Crippen molar-refractivity contribution in [3.63, 3.8) is 0 Å². The number of nitriles is 1. The van der Waals surface area contributed by atoms with Crippen molar-refractivity contribution < 1.29 is 4.79 Å². The lowest BCUT2D eigenvalue weighted by Crippen LogP contribution is -2.32. The van der Waals surface area contributed by atoms with Gasteiger partial charge < -0.3 is 4.57 Å². The molecule has 0 N–H and O–H groups in total. The Morgan fingerprint density at radius 2 is 1.88 bits per heavy atom. The summed E-state index contributed by atoms with van der Waals surface area (Å²) in [7, 11) is 1.60. The number of hydrogen-bond donors (Lipinski definition) is 0. The minimum absolute atomic E-state index is 0.0399. The maximum absolute atomic E-state index is 12.5. The Balaban J connectivity index is 2.69. The van der Waals surface area contributed by atoms with Gasteiger partial charge in [0, 0.05) is 12.5 Å². The lowest BCUT2D eigenvalue weighted by atomic mass is 9.87. The van der Waals surface area contributed by atoms with E-state index in [1.165, 1.54) is 21.5 Å². The Labute approximate surface area is 151 Å². The SMILES string of the molecule is CCc1ccc(/C=c2/s/c(=C(\C#N)C(=O)C(C)(C)C)n(C)c2=O)cc1. The number of nitrogens with zero attached hydrogens (tertiary/aromatic N) is 2. The third-order valence-corrected chi connectivity index (χ3v) is 5.13. The summed E-state index contributed by atoms with van der Waals surface area (Å²) in [6.07, 6.45) is 2.76. The molecule has 25 heavy (non-hydrogen) atoms. The molecule has 0 radical (unpaired) electrons. The highest BCUT2D eigenvalue weighted by Gasteiger charge is 2.26. The van der Waals surface area contributed by atoms with Gasteiger partial charge in [-0.2, -0.15) is 5.26 Å². The van der Waals surface area contributed by atoms with Gasteiger partial charge in [-0.05, 0) is 23.6 Å². The number of Topliss-reactive ketones (excluding diaryl/α,β-unsaturated/α-hetero) is 1. The average molecular weight is 354 g/mol. The molecule has 0 bridgehead atoms. The zero-order valence-electron chi connectivity index (χ0n) is 15.2. The van der Waals surface area contributed by atoms with Crippen LogP contribution in [0.15, 0.2) is 29.1 Å². The second-order valence-electron chi connectivity index (χ2n) is 6.94. The van der Waals surface area contributed by atoms with Crippen molar-refractivity contribution in [2.24, 2.45) is 12.5 Å². The van der Waals surface area contributed by atoms with Crippen LogP contribution in [0.25, 0.3) is 11.6 Å². The van der Waals surface area contributed by atoms with E-state index in [2.05, 4.69) is 6.92 Å². The third-order valence-electron chi connectivity index (χ3n) is 3.95. The van der Waals surface area contributed by atoms with Crippen LogP contribution < -0.4 is 14.8 Å². The van der Waals surface area contributed by atoms with Crippen molar-refractivity contribution in [2.75, 3.05) is 0 Å². The van der Waals surface area contributed by atoms with Crippen LogP contribution in [0.2, 0.25) is 0 Å². The second-order valence-corrected chi connectivity index (χ2v) is 7.97. The van der Waals surface area contributed by atoms with Crippen molar-refractivity contribution in [3.05, 3.63) is 54.9 Å². The molecule has 1 aromatic heterocycles. The summed E-state index contributed by atoms with van der Waals surface area (Å²) in [5, 5.41) is 9.46. The number of ketones is 1. The Bertz CT molecular complexity index is 1010. The van der Waals surface area contributed by atoms with Crippen LogP contribution in [0, 0.1) is 16.7 Å². The van der Waals surface area contributed by atoms with Crippen molar-refractivity contribution in [1.29, 1.82) is 5.26 Å². The first-order valence-electron chi connectivity index (χ1n) is 8.14. The molecule has 2 aromatic rings. The fourth-order valence-electron chi connectivity index (χ4n) is 2.36. The molecule has 5 heteroatoms. The molecule has 0 aliphatic rings. The van der Waals surface area contributed by atoms with Crippen LogP contribution in [0.1, 0.15) is 38.8 Å². The van der Waals surface area contributed by atoms with E-state index >= 15 is 0 Å². The van der Waals surface area contributed by atoms with Crippen LogP contribution in [-0.4, -0.2) is 10.4 Å². The van der Waals surface area contributed by atoms with E-state index in [1.807, 2.05) is 30.3 Å². The van der Waals surface area contributed by atoms with Gasteiger partial charge in [0.25, 0.3) is 5.56 Å². The number of benzene rings is 1. The molecule has 0 saturated heterocycles. The molecule has 130 valence electrons. The van der Waals surface area contributed by atoms with Crippen molar-refractivity contribution in [1.82, 2.24) is 4.57 Å². The molecule has 2 rings (SSSR count). The van der Waals surface area contributed by atoms with Crippen molar-refractivity contribution >= 4 is 28.8 Å². The lowest BCUT2D eigenvalue weighted by Gasteiger charge is -2.15. The zero-order valence-corrected chi connectivity index (χ0v) is 16.0. The first kappa shape index (κ1) is 18.9. The highest BCUT2D eigenvalue weighted by molar-refractivity contribution is 7.07. The first-order valence-corrected chi connectivity index (χ1v) is 8.96. The largest absolute Gasteiger partial charge is 0.301 e. The number of rotatable bonds is 3. The molecule has 0 saturated carbocycles. The minimum atomic E-state index is -0.676. The first-order chi connectivity index (χ1) is 11.7. The van der Waals surface area contributed by atoms with E-state index in [1.54, 1.807) is 33.9 Å². The van der Waals surface area contributed by atoms with Gasteiger partial charge in [-0.25, -0.2) is 0 Å². The Morgan fingerprint density at radius 1 is 1.28 bits per heavy atom. The summed E-state index contributed by atoms with van der Waals surface area (Å²) < 4.78 is 2.30. The molecule has 4 nitrogen and oxygen atoms in total. The van der Waals surface area contributed by atoms with Gasteiger partial charge in [0.15, 0.2) is 5.78 Å². The fourth-order valence-corrected chi connectivity index (χ4v) is 3.44. The van der Waals surface area contributed by atoms with Crippen LogP contribution in [-0.2, 0) is 18.3 Å². The average Bonchev–Trinajstić information content (AvgIpc) is 2.84. The summed E-state index contributed by atoms with van der Waals surface area (Å²) in [5.74, 6) is -0.259. The van der Waals surface area contributed by atoms with Crippen LogP contribution in [0.5, 0.6) is 0 Å². The van der Waals surface area contributed by atoms with Crippen LogP contribution in [0.4, 0.5) is 0 Å².